The van der Waals surface area contributed by atoms with E-state index in [-0.39, 0.29) is 0 Å². The van der Waals surface area contributed by atoms with Crippen molar-refractivity contribution in [3.63, 3.8) is 0 Å². The number of methoxy groups -OCH3 is 1. The van der Waals surface area contributed by atoms with Crippen LogP contribution < -0.4 is 4.74 Å². The summed E-state index contributed by atoms with van der Waals surface area (Å²) < 4.78 is 7.43. The number of likely N-dealkylation sites (tertiary alicyclic amines) is 1. The summed E-state index contributed by atoms with van der Waals surface area (Å²) in [5, 5.41) is 8.57. The van der Waals surface area contributed by atoms with E-state index >= 15 is 0 Å². The zero-order chi connectivity index (χ0) is 13.2. The maximum absolute atomic E-state index is 5.41. The second-order valence-electron chi connectivity index (χ2n) is 5.33. The van der Waals surface area contributed by atoms with Gasteiger partial charge in [0.05, 0.1) is 7.11 Å². The number of nitrogens with zero attached hydrogens (tertiary/aromatic N) is 4. The summed E-state index contributed by atoms with van der Waals surface area (Å²) in [7, 11) is 3.87. The highest BCUT2D eigenvalue weighted by molar-refractivity contribution is 5.42. The van der Waals surface area contributed by atoms with Gasteiger partial charge in [-0.25, -0.2) is 4.40 Å². The maximum atomic E-state index is 5.41. The van der Waals surface area contributed by atoms with Gasteiger partial charge in [-0.15, -0.1) is 10.2 Å². The van der Waals surface area contributed by atoms with Gasteiger partial charge >= 0.3 is 0 Å². The van der Waals surface area contributed by atoms with Crippen molar-refractivity contribution in [1.29, 1.82) is 0 Å². The first kappa shape index (κ1) is 12.4. The number of piperidine rings is 1. The van der Waals surface area contributed by atoms with Crippen LogP contribution in [0.4, 0.5) is 0 Å². The van der Waals surface area contributed by atoms with Gasteiger partial charge in [-0.05, 0) is 51.0 Å². The van der Waals surface area contributed by atoms with E-state index in [0.29, 0.717) is 5.92 Å². The zero-order valence-corrected chi connectivity index (χ0v) is 11.5. The van der Waals surface area contributed by atoms with Crippen LogP contribution in [0.25, 0.3) is 5.65 Å². The van der Waals surface area contributed by atoms with E-state index in [4.69, 9.17) is 4.74 Å². The van der Waals surface area contributed by atoms with Gasteiger partial charge in [-0.3, -0.25) is 0 Å². The second kappa shape index (κ2) is 5.17. The Morgan fingerprint density at radius 2 is 2.05 bits per heavy atom. The lowest BCUT2D eigenvalue weighted by Gasteiger charge is -2.28. The lowest BCUT2D eigenvalue weighted by molar-refractivity contribution is 0.217. The molecular weight excluding hydrogens is 240 g/mol. The largest absolute Gasteiger partial charge is 0.482 e. The van der Waals surface area contributed by atoms with E-state index < -0.39 is 0 Å². The SMILES string of the molecule is COc1cccc2nnc(CC3CCN(C)CC3)n12. The molecule has 0 aromatic carbocycles. The number of fused-ring (bicyclic) bond motifs is 1. The molecule has 0 saturated carbocycles. The van der Waals surface area contributed by atoms with Crippen molar-refractivity contribution in [2.75, 3.05) is 27.2 Å². The molecule has 0 aliphatic carbocycles. The number of aromatic nitrogens is 3. The van der Waals surface area contributed by atoms with Crippen LogP contribution in [0.1, 0.15) is 18.7 Å². The van der Waals surface area contributed by atoms with Crippen LogP contribution in [0.5, 0.6) is 5.88 Å². The van der Waals surface area contributed by atoms with Gasteiger partial charge in [-0.2, -0.15) is 0 Å². The van der Waals surface area contributed by atoms with Gasteiger partial charge in [0.25, 0.3) is 0 Å². The van der Waals surface area contributed by atoms with Crippen LogP contribution in [0, 0.1) is 5.92 Å². The minimum absolute atomic E-state index is 0.702. The number of hydrogen-bond donors (Lipinski definition) is 0. The Bertz CT molecular complexity index is 558. The van der Waals surface area contributed by atoms with Gasteiger partial charge < -0.3 is 9.64 Å². The summed E-state index contributed by atoms with van der Waals surface area (Å²) in [6.45, 7) is 2.36. The molecule has 1 fully saturated rings. The highest BCUT2D eigenvalue weighted by atomic mass is 16.5. The highest BCUT2D eigenvalue weighted by Gasteiger charge is 2.20. The summed E-state index contributed by atoms with van der Waals surface area (Å²) in [6, 6.07) is 5.87. The van der Waals surface area contributed by atoms with Crippen LogP contribution in [0.3, 0.4) is 0 Å². The van der Waals surface area contributed by atoms with Crippen molar-refractivity contribution >= 4 is 5.65 Å². The van der Waals surface area contributed by atoms with Gasteiger partial charge in [0.15, 0.2) is 5.65 Å². The fourth-order valence-corrected chi connectivity index (χ4v) is 2.79. The molecule has 1 aliphatic rings. The molecule has 1 saturated heterocycles. The molecule has 5 nitrogen and oxygen atoms in total. The standard InChI is InChI=1S/C14H20N4O/c1-17-8-6-11(7-9-17)10-13-16-15-12-4-3-5-14(19-2)18(12)13/h3-5,11H,6-10H2,1-2H3. The van der Waals surface area contributed by atoms with Gasteiger partial charge in [-0.1, -0.05) is 6.07 Å². The molecule has 0 amide bonds. The molecule has 0 radical (unpaired) electrons. The average Bonchev–Trinajstić information content (AvgIpc) is 2.85. The summed E-state index contributed by atoms with van der Waals surface area (Å²) in [6.07, 6.45) is 3.45. The molecule has 3 heterocycles. The van der Waals surface area contributed by atoms with Gasteiger partial charge in [0.2, 0.25) is 5.88 Å². The van der Waals surface area contributed by atoms with E-state index in [2.05, 4.69) is 22.1 Å². The van der Waals surface area contributed by atoms with Crippen molar-refractivity contribution in [1.82, 2.24) is 19.5 Å². The molecule has 2 aromatic heterocycles. The zero-order valence-electron chi connectivity index (χ0n) is 11.5. The molecule has 0 atom stereocenters. The third kappa shape index (κ3) is 2.42. The van der Waals surface area contributed by atoms with Crippen LogP contribution in [0.15, 0.2) is 18.2 Å². The maximum Gasteiger partial charge on any atom is 0.200 e. The fourth-order valence-electron chi connectivity index (χ4n) is 2.79. The second-order valence-corrected chi connectivity index (χ2v) is 5.33. The lowest BCUT2D eigenvalue weighted by Crippen LogP contribution is -2.31. The Kier molecular flexibility index (Phi) is 3.38. The minimum Gasteiger partial charge on any atom is -0.482 e. The molecule has 0 N–H and O–H groups in total. The summed E-state index contributed by atoms with van der Waals surface area (Å²) in [4.78, 5) is 2.39. The van der Waals surface area contributed by atoms with Crippen LogP contribution >= 0.6 is 0 Å². The Labute approximate surface area is 113 Å². The van der Waals surface area contributed by atoms with Crippen molar-refractivity contribution < 1.29 is 4.74 Å². The van der Waals surface area contributed by atoms with E-state index in [9.17, 15) is 0 Å². The van der Waals surface area contributed by atoms with Gasteiger partial charge in [0.1, 0.15) is 5.82 Å². The quantitative estimate of drug-likeness (QED) is 0.841. The number of hydrogen-bond acceptors (Lipinski definition) is 4. The first-order chi connectivity index (χ1) is 9.28. The molecule has 0 spiro atoms. The van der Waals surface area contributed by atoms with E-state index in [1.54, 1.807) is 7.11 Å². The normalized spacial score (nSPS) is 18.0. The molecule has 102 valence electrons. The molecule has 0 bridgehead atoms. The molecule has 0 unspecified atom stereocenters. The highest BCUT2D eigenvalue weighted by Crippen LogP contribution is 2.22. The molecule has 1 aliphatic heterocycles. The van der Waals surface area contributed by atoms with Crippen LogP contribution in [0.2, 0.25) is 0 Å². The lowest BCUT2D eigenvalue weighted by atomic mass is 9.93. The number of pyridine rings is 1. The van der Waals surface area contributed by atoms with Crippen molar-refractivity contribution in [3.8, 4) is 5.88 Å². The molecule has 19 heavy (non-hydrogen) atoms. The summed E-state index contributed by atoms with van der Waals surface area (Å²) in [5.41, 5.74) is 0.863. The number of ether oxygens (including phenoxy) is 1. The first-order valence-corrected chi connectivity index (χ1v) is 6.83. The average molecular weight is 260 g/mol. The smallest absolute Gasteiger partial charge is 0.200 e. The van der Waals surface area contributed by atoms with E-state index in [1.165, 1.54) is 25.9 Å². The monoisotopic (exact) mass is 260 g/mol. The van der Waals surface area contributed by atoms with Crippen molar-refractivity contribution in [2.24, 2.45) is 5.92 Å². The topological polar surface area (TPSA) is 42.7 Å². The van der Waals surface area contributed by atoms with Crippen LogP contribution in [-0.2, 0) is 6.42 Å². The molecule has 5 heteroatoms. The molecule has 2 aromatic rings. The third-order valence-electron chi connectivity index (χ3n) is 3.98. The Morgan fingerprint density at radius 3 is 2.79 bits per heavy atom. The molecular formula is C14H20N4O. The van der Waals surface area contributed by atoms with Crippen molar-refractivity contribution in [3.05, 3.63) is 24.0 Å². The third-order valence-corrected chi connectivity index (χ3v) is 3.98. The Balaban J connectivity index is 1.85. The minimum atomic E-state index is 0.702. The van der Waals surface area contributed by atoms with Gasteiger partial charge in [0, 0.05) is 6.42 Å². The first-order valence-electron chi connectivity index (χ1n) is 6.83. The van der Waals surface area contributed by atoms with E-state index in [1.807, 2.05) is 22.6 Å². The summed E-state index contributed by atoms with van der Waals surface area (Å²) in [5.74, 6) is 2.53. The summed E-state index contributed by atoms with van der Waals surface area (Å²) >= 11 is 0. The number of rotatable bonds is 3. The molecule has 3 rings (SSSR count). The fraction of sp³-hybridized carbons (Fsp3) is 0.571. The predicted molar refractivity (Wildman–Crippen MR) is 73.5 cm³/mol. The predicted octanol–water partition coefficient (Wildman–Crippen LogP) is 1.62. The van der Waals surface area contributed by atoms with Crippen molar-refractivity contribution in [2.45, 2.75) is 19.3 Å². The van der Waals surface area contributed by atoms with E-state index in [0.717, 1.165) is 23.8 Å². The Morgan fingerprint density at radius 1 is 1.26 bits per heavy atom. The Hall–Kier alpha value is -1.62. The van der Waals surface area contributed by atoms with Crippen LogP contribution in [-0.4, -0.2) is 46.7 Å².